The van der Waals surface area contributed by atoms with Gasteiger partial charge < -0.3 is 15.2 Å². The SMILES string of the molecule is O=C(Oc1ccc2c(c1)[C@@H]1C=CC[C@@H]1[C@@H](C(=O)O)N2)c1ccc(Cl)cc1Cl. The fourth-order valence-corrected chi connectivity index (χ4v) is 4.18. The molecule has 3 atom stereocenters. The lowest BCUT2D eigenvalue weighted by molar-refractivity contribution is -0.139. The second kappa shape index (κ2) is 6.91. The number of hydrogen-bond acceptors (Lipinski definition) is 4. The lowest BCUT2D eigenvalue weighted by Gasteiger charge is -2.34. The number of carboxylic acids is 1. The van der Waals surface area contributed by atoms with Crippen LogP contribution in [0.1, 0.15) is 28.3 Å². The van der Waals surface area contributed by atoms with Crippen molar-refractivity contribution in [1.29, 1.82) is 0 Å². The summed E-state index contributed by atoms with van der Waals surface area (Å²) in [5.74, 6) is -1.17. The maximum atomic E-state index is 12.4. The first-order valence-corrected chi connectivity index (χ1v) is 9.17. The van der Waals surface area contributed by atoms with Crippen molar-refractivity contribution in [2.45, 2.75) is 18.4 Å². The van der Waals surface area contributed by atoms with Gasteiger partial charge in [-0.25, -0.2) is 9.59 Å². The van der Waals surface area contributed by atoms with Crippen molar-refractivity contribution >= 4 is 40.8 Å². The number of aliphatic carboxylic acids is 1. The molecule has 1 aliphatic carbocycles. The number of ether oxygens (including phenoxy) is 1. The van der Waals surface area contributed by atoms with Gasteiger partial charge in [0.15, 0.2) is 0 Å². The molecule has 0 unspecified atom stereocenters. The zero-order valence-electron chi connectivity index (χ0n) is 14.0. The van der Waals surface area contributed by atoms with E-state index >= 15 is 0 Å². The Morgan fingerprint density at radius 2 is 1.96 bits per heavy atom. The van der Waals surface area contributed by atoms with E-state index in [-0.39, 0.29) is 22.4 Å². The zero-order valence-corrected chi connectivity index (χ0v) is 15.5. The van der Waals surface area contributed by atoms with Gasteiger partial charge in [-0.2, -0.15) is 0 Å². The number of esters is 1. The predicted molar refractivity (Wildman–Crippen MR) is 103 cm³/mol. The summed E-state index contributed by atoms with van der Waals surface area (Å²) in [5, 5.41) is 13.2. The zero-order chi connectivity index (χ0) is 19.1. The number of benzene rings is 2. The van der Waals surface area contributed by atoms with E-state index in [4.69, 9.17) is 27.9 Å². The van der Waals surface area contributed by atoms with Gasteiger partial charge in [0.1, 0.15) is 11.8 Å². The van der Waals surface area contributed by atoms with Crippen LogP contribution in [0.25, 0.3) is 0 Å². The van der Waals surface area contributed by atoms with Crippen molar-refractivity contribution in [2.24, 2.45) is 5.92 Å². The lowest BCUT2D eigenvalue weighted by atomic mass is 9.79. The number of anilines is 1. The minimum absolute atomic E-state index is 0.0277. The highest BCUT2D eigenvalue weighted by Crippen LogP contribution is 2.45. The molecule has 27 heavy (non-hydrogen) atoms. The third kappa shape index (κ3) is 3.29. The first-order valence-electron chi connectivity index (χ1n) is 8.41. The Labute approximate surface area is 165 Å². The lowest BCUT2D eigenvalue weighted by Crippen LogP contribution is -2.41. The van der Waals surface area contributed by atoms with E-state index in [0.717, 1.165) is 11.3 Å². The molecule has 0 saturated carbocycles. The number of allylic oxidation sites excluding steroid dienone is 2. The van der Waals surface area contributed by atoms with E-state index in [0.29, 0.717) is 17.2 Å². The van der Waals surface area contributed by atoms with Gasteiger partial charge in [-0.15, -0.1) is 0 Å². The topological polar surface area (TPSA) is 75.6 Å². The Hall–Kier alpha value is -2.50. The van der Waals surface area contributed by atoms with Gasteiger partial charge in [0.25, 0.3) is 0 Å². The van der Waals surface area contributed by atoms with Crippen molar-refractivity contribution in [2.75, 3.05) is 5.32 Å². The van der Waals surface area contributed by atoms with E-state index < -0.39 is 18.0 Å². The number of nitrogens with one attached hydrogen (secondary N) is 1. The molecule has 2 aromatic rings. The Kier molecular flexibility index (Phi) is 4.58. The Bertz CT molecular complexity index is 972. The smallest absolute Gasteiger partial charge is 0.345 e. The molecule has 2 aromatic carbocycles. The van der Waals surface area contributed by atoms with Gasteiger partial charge >= 0.3 is 11.9 Å². The summed E-state index contributed by atoms with van der Waals surface area (Å²) >= 11 is 11.9. The summed E-state index contributed by atoms with van der Waals surface area (Å²) in [6.45, 7) is 0. The normalized spacial score (nSPS) is 22.5. The van der Waals surface area contributed by atoms with Crippen LogP contribution in [0.4, 0.5) is 5.69 Å². The van der Waals surface area contributed by atoms with Crippen molar-refractivity contribution < 1.29 is 19.4 Å². The van der Waals surface area contributed by atoms with Gasteiger partial charge in [-0.1, -0.05) is 35.4 Å². The number of halogens is 2. The molecule has 2 aliphatic rings. The average Bonchev–Trinajstić information content (AvgIpc) is 3.10. The summed E-state index contributed by atoms with van der Waals surface area (Å²) in [4.78, 5) is 24.0. The van der Waals surface area contributed by atoms with Crippen LogP contribution in [0, 0.1) is 5.92 Å². The number of rotatable bonds is 3. The summed E-state index contributed by atoms with van der Waals surface area (Å²) in [7, 11) is 0. The second-order valence-corrected chi connectivity index (χ2v) is 7.42. The van der Waals surface area contributed by atoms with E-state index in [9.17, 15) is 14.7 Å². The van der Waals surface area contributed by atoms with E-state index in [1.54, 1.807) is 24.3 Å². The van der Waals surface area contributed by atoms with Crippen LogP contribution < -0.4 is 10.1 Å². The van der Waals surface area contributed by atoms with Gasteiger partial charge in [0, 0.05) is 22.5 Å². The summed E-state index contributed by atoms with van der Waals surface area (Å²) in [6.07, 6.45) is 4.70. The van der Waals surface area contributed by atoms with Crippen LogP contribution >= 0.6 is 23.2 Å². The minimum atomic E-state index is -0.868. The van der Waals surface area contributed by atoms with E-state index in [1.807, 2.05) is 12.2 Å². The van der Waals surface area contributed by atoms with E-state index in [1.165, 1.54) is 12.1 Å². The number of carboxylic acid groups (broad SMARTS) is 1. The molecule has 4 rings (SSSR count). The van der Waals surface area contributed by atoms with Crippen molar-refractivity contribution in [3.05, 3.63) is 69.7 Å². The molecular weight excluding hydrogens is 389 g/mol. The van der Waals surface area contributed by atoms with Crippen molar-refractivity contribution in [1.82, 2.24) is 0 Å². The molecule has 5 nitrogen and oxygen atoms in total. The van der Waals surface area contributed by atoms with Crippen LogP contribution in [-0.2, 0) is 4.79 Å². The molecule has 0 fully saturated rings. The highest BCUT2D eigenvalue weighted by Gasteiger charge is 2.40. The first kappa shape index (κ1) is 17.9. The summed E-state index contributed by atoms with van der Waals surface area (Å²) < 4.78 is 5.48. The summed E-state index contributed by atoms with van der Waals surface area (Å²) in [5.41, 5.74) is 1.87. The van der Waals surface area contributed by atoms with Crippen molar-refractivity contribution in [3.8, 4) is 5.75 Å². The standard InChI is InChI=1S/C20H15Cl2NO4/c21-10-4-6-14(16(22)8-10)20(26)27-11-5-7-17-15(9-11)12-2-1-3-13(12)18(23-17)19(24)25/h1-2,4-9,12-13,18,23H,3H2,(H,24,25)/t12-,13+,18+/m1/s1. The van der Waals surface area contributed by atoms with Gasteiger partial charge in [0.05, 0.1) is 10.6 Å². The maximum absolute atomic E-state index is 12.4. The number of carbonyl (C=O) groups excluding carboxylic acids is 1. The van der Waals surface area contributed by atoms with E-state index in [2.05, 4.69) is 5.32 Å². The molecule has 0 spiro atoms. The van der Waals surface area contributed by atoms with Gasteiger partial charge in [0.2, 0.25) is 0 Å². The fraction of sp³-hybridized carbons (Fsp3) is 0.200. The third-order valence-electron chi connectivity index (χ3n) is 4.96. The van der Waals surface area contributed by atoms with Crippen LogP contribution in [-0.4, -0.2) is 23.1 Å². The fourth-order valence-electron chi connectivity index (χ4n) is 3.70. The van der Waals surface area contributed by atoms with Crippen molar-refractivity contribution in [3.63, 3.8) is 0 Å². The Morgan fingerprint density at radius 3 is 2.70 bits per heavy atom. The summed E-state index contributed by atoms with van der Waals surface area (Å²) in [6, 6.07) is 9.07. The van der Waals surface area contributed by atoms with Crippen LogP contribution in [0.3, 0.4) is 0 Å². The molecule has 1 aliphatic heterocycles. The molecule has 138 valence electrons. The number of carbonyl (C=O) groups is 2. The molecule has 0 amide bonds. The molecule has 1 heterocycles. The number of fused-ring (bicyclic) bond motifs is 3. The first-order chi connectivity index (χ1) is 12.9. The highest BCUT2D eigenvalue weighted by molar-refractivity contribution is 6.36. The predicted octanol–water partition coefficient (Wildman–Crippen LogP) is 4.75. The molecule has 0 saturated heterocycles. The van der Waals surface area contributed by atoms with Gasteiger partial charge in [-0.05, 0) is 48.4 Å². The number of hydrogen-bond donors (Lipinski definition) is 2. The molecule has 0 bridgehead atoms. The Balaban J connectivity index is 1.62. The second-order valence-electron chi connectivity index (χ2n) is 6.58. The largest absolute Gasteiger partial charge is 0.480 e. The molecular formula is C20H15Cl2NO4. The minimum Gasteiger partial charge on any atom is -0.480 e. The third-order valence-corrected chi connectivity index (χ3v) is 5.51. The molecule has 0 aromatic heterocycles. The Morgan fingerprint density at radius 1 is 1.15 bits per heavy atom. The maximum Gasteiger partial charge on any atom is 0.345 e. The molecule has 0 radical (unpaired) electrons. The van der Waals surface area contributed by atoms with Crippen LogP contribution in [0.5, 0.6) is 5.75 Å². The quantitative estimate of drug-likeness (QED) is 0.439. The monoisotopic (exact) mass is 403 g/mol. The molecule has 7 heteroatoms. The average molecular weight is 404 g/mol. The highest BCUT2D eigenvalue weighted by atomic mass is 35.5. The molecule has 2 N–H and O–H groups in total. The van der Waals surface area contributed by atoms with Crippen LogP contribution in [0.15, 0.2) is 48.6 Å². The van der Waals surface area contributed by atoms with Gasteiger partial charge in [-0.3, -0.25) is 0 Å². The van der Waals surface area contributed by atoms with Crippen LogP contribution in [0.2, 0.25) is 10.0 Å².